The van der Waals surface area contributed by atoms with E-state index < -0.39 is 5.92 Å². The van der Waals surface area contributed by atoms with E-state index in [9.17, 15) is 14.4 Å². The number of aryl methyl sites for hydroxylation is 4. The molecule has 2 N–H and O–H groups in total. The number of nitrogens with zero attached hydrogens (tertiary/aromatic N) is 1. The summed E-state index contributed by atoms with van der Waals surface area (Å²) in [5.41, 5.74) is 6.54. The zero-order valence-electron chi connectivity index (χ0n) is 19.9. The number of para-hydroxylation sites is 2. The van der Waals surface area contributed by atoms with Gasteiger partial charge in [-0.05, 0) is 74.2 Å². The molecule has 0 spiro atoms. The van der Waals surface area contributed by atoms with Crippen LogP contribution in [0.25, 0.3) is 0 Å². The highest BCUT2D eigenvalue weighted by molar-refractivity contribution is 6.11. The highest BCUT2D eigenvalue weighted by Gasteiger charge is 2.35. The second kappa shape index (κ2) is 9.51. The topological polar surface area (TPSA) is 78.5 Å². The van der Waals surface area contributed by atoms with Crippen LogP contribution in [0.15, 0.2) is 60.7 Å². The zero-order chi connectivity index (χ0) is 24.4. The van der Waals surface area contributed by atoms with Gasteiger partial charge in [-0.2, -0.15) is 0 Å². The third-order valence-corrected chi connectivity index (χ3v) is 6.45. The van der Waals surface area contributed by atoms with E-state index >= 15 is 0 Å². The van der Waals surface area contributed by atoms with Gasteiger partial charge >= 0.3 is 0 Å². The van der Waals surface area contributed by atoms with Crippen molar-refractivity contribution in [3.8, 4) is 0 Å². The van der Waals surface area contributed by atoms with Crippen molar-refractivity contribution in [3.05, 3.63) is 88.5 Å². The van der Waals surface area contributed by atoms with Crippen LogP contribution in [0.3, 0.4) is 0 Å². The van der Waals surface area contributed by atoms with Gasteiger partial charge in [0.15, 0.2) is 0 Å². The molecule has 1 fully saturated rings. The van der Waals surface area contributed by atoms with Gasteiger partial charge in [0.1, 0.15) is 0 Å². The van der Waals surface area contributed by atoms with Gasteiger partial charge in [-0.15, -0.1) is 0 Å². The van der Waals surface area contributed by atoms with Crippen molar-refractivity contribution in [2.24, 2.45) is 5.92 Å². The number of rotatable bonds is 5. The van der Waals surface area contributed by atoms with Crippen LogP contribution in [0.1, 0.15) is 39.0 Å². The molecule has 0 aromatic heterocycles. The predicted octanol–water partition coefficient (Wildman–Crippen LogP) is 5.16. The molecule has 1 heterocycles. The Balaban J connectivity index is 1.49. The fourth-order valence-electron chi connectivity index (χ4n) is 4.24. The summed E-state index contributed by atoms with van der Waals surface area (Å²) >= 11 is 0. The Hall–Kier alpha value is -3.93. The molecule has 1 aliphatic rings. The number of hydrogen-bond acceptors (Lipinski definition) is 3. The fraction of sp³-hybridized carbons (Fsp3) is 0.250. The second-order valence-electron chi connectivity index (χ2n) is 8.93. The van der Waals surface area contributed by atoms with Crippen molar-refractivity contribution in [3.63, 3.8) is 0 Å². The van der Waals surface area contributed by atoms with Gasteiger partial charge in [-0.1, -0.05) is 36.4 Å². The average molecular weight is 456 g/mol. The molecule has 6 nitrogen and oxygen atoms in total. The molecule has 1 unspecified atom stereocenters. The lowest BCUT2D eigenvalue weighted by atomic mass is 10.1. The van der Waals surface area contributed by atoms with E-state index in [2.05, 4.69) is 10.6 Å². The maximum atomic E-state index is 13.1. The Kier molecular flexibility index (Phi) is 6.50. The van der Waals surface area contributed by atoms with Gasteiger partial charge in [0.2, 0.25) is 11.8 Å². The van der Waals surface area contributed by atoms with Crippen LogP contribution in [-0.4, -0.2) is 24.3 Å². The van der Waals surface area contributed by atoms with E-state index in [-0.39, 0.29) is 24.1 Å². The predicted molar refractivity (Wildman–Crippen MR) is 135 cm³/mol. The Morgan fingerprint density at radius 3 is 2.24 bits per heavy atom. The first kappa shape index (κ1) is 23.2. The van der Waals surface area contributed by atoms with E-state index in [1.807, 2.05) is 64.1 Å². The van der Waals surface area contributed by atoms with Crippen LogP contribution in [0.4, 0.5) is 17.1 Å². The number of anilines is 3. The highest BCUT2D eigenvalue weighted by atomic mass is 16.2. The molecule has 0 saturated carbocycles. The lowest BCUT2D eigenvalue weighted by Crippen LogP contribution is -2.28. The lowest BCUT2D eigenvalue weighted by Gasteiger charge is -2.18. The number of hydrogen-bond donors (Lipinski definition) is 2. The van der Waals surface area contributed by atoms with Gasteiger partial charge in [-0.25, -0.2) is 0 Å². The first-order chi connectivity index (χ1) is 16.2. The normalized spacial score (nSPS) is 15.4. The largest absolute Gasteiger partial charge is 0.325 e. The van der Waals surface area contributed by atoms with Crippen LogP contribution >= 0.6 is 0 Å². The summed E-state index contributed by atoms with van der Waals surface area (Å²) in [7, 11) is 0. The molecule has 1 atom stereocenters. The molecule has 0 bridgehead atoms. The summed E-state index contributed by atoms with van der Waals surface area (Å²) in [5.74, 6) is -1.15. The molecular formula is C28H29N3O3. The highest BCUT2D eigenvalue weighted by Crippen LogP contribution is 2.28. The van der Waals surface area contributed by atoms with Crippen molar-refractivity contribution in [2.75, 3.05) is 22.1 Å². The minimum atomic E-state index is -0.496. The molecule has 3 aromatic rings. The first-order valence-electron chi connectivity index (χ1n) is 11.4. The lowest BCUT2D eigenvalue weighted by molar-refractivity contribution is -0.122. The maximum absolute atomic E-state index is 13.1. The Labute approximate surface area is 200 Å². The van der Waals surface area contributed by atoms with Crippen LogP contribution in [0.2, 0.25) is 0 Å². The molecule has 34 heavy (non-hydrogen) atoms. The summed E-state index contributed by atoms with van der Waals surface area (Å²) in [6.07, 6.45) is 0.134. The van der Waals surface area contributed by atoms with Crippen LogP contribution in [0, 0.1) is 33.6 Å². The van der Waals surface area contributed by atoms with Gasteiger partial charge < -0.3 is 15.5 Å². The molecule has 1 aliphatic heterocycles. The number of nitrogens with one attached hydrogen (secondary N) is 2. The summed E-state index contributed by atoms with van der Waals surface area (Å²) in [4.78, 5) is 40.5. The monoisotopic (exact) mass is 455 g/mol. The van der Waals surface area contributed by atoms with E-state index in [1.54, 1.807) is 29.2 Å². The third-order valence-electron chi connectivity index (χ3n) is 6.45. The number of amides is 3. The molecular weight excluding hydrogens is 426 g/mol. The smallest absolute Gasteiger partial charge is 0.257 e. The average Bonchev–Trinajstić information content (AvgIpc) is 3.20. The van der Waals surface area contributed by atoms with Gasteiger partial charge in [-0.3, -0.25) is 14.4 Å². The minimum absolute atomic E-state index is 0.0792. The molecule has 3 aromatic carbocycles. The standard InChI is InChI=1S/C28H29N3O3/c1-17-12-13-22(14-20(17)4)31-16-21(15-25(31)32)27(33)29-24-11-6-5-10-23(24)28(34)30-26-18(2)8-7-9-19(26)3/h5-14,21H,15-16H2,1-4H3,(H,29,33)(H,30,34). The summed E-state index contributed by atoms with van der Waals surface area (Å²) in [5, 5.41) is 5.85. The Morgan fingerprint density at radius 2 is 1.53 bits per heavy atom. The van der Waals surface area contributed by atoms with Crippen molar-refractivity contribution >= 4 is 34.8 Å². The van der Waals surface area contributed by atoms with Gasteiger partial charge in [0.25, 0.3) is 5.91 Å². The maximum Gasteiger partial charge on any atom is 0.257 e. The van der Waals surface area contributed by atoms with E-state index in [0.717, 1.165) is 33.6 Å². The summed E-state index contributed by atoms with van der Waals surface area (Å²) in [6, 6.07) is 18.6. The molecule has 4 rings (SSSR count). The molecule has 0 radical (unpaired) electrons. The molecule has 1 saturated heterocycles. The fourth-order valence-corrected chi connectivity index (χ4v) is 4.24. The van der Waals surface area contributed by atoms with Crippen molar-refractivity contribution in [2.45, 2.75) is 34.1 Å². The van der Waals surface area contributed by atoms with Crippen molar-refractivity contribution in [1.29, 1.82) is 0 Å². The summed E-state index contributed by atoms with van der Waals surface area (Å²) < 4.78 is 0. The van der Waals surface area contributed by atoms with Crippen LogP contribution in [0.5, 0.6) is 0 Å². The Bertz CT molecular complexity index is 1260. The molecule has 0 aliphatic carbocycles. The Morgan fingerprint density at radius 1 is 0.824 bits per heavy atom. The number of benzene rings is 3. The quantitative estimate of drug-likeness (QED) is 0.558. The molecule has 174 valence electrons. The molecule has 3 amide bonds. The van der Waals surface area contributed by atoms with Crippen molar-refractivity contribution in [1.82, 2.24) is 0 Å². The minimum Gasteiger partial charge on any atom is -0.325 e. The van der Waals surface area contributed by atoms with E-state index in [1.165, 1.54) is 0 Å². The first-order valence-corrected chi connectivity index (χ1v) is 11.4. The number of carbonyl (C=O) groups excluding carboxylic acids is 3. The van der Waals surface area contributed by atoms with E-state index in [0.29, 0.717) is 17.8 Å². The second-order valence-corrected chi connectivity index (χ2v) is 8.93. The van der Waals surface area contributed by atoms with Gasteiger partial charge in [0, 0.05) is 24.3 Å². The van der Waals surface area contributed by atoms with Crippen LogP contribution in [-0.2, 0) is 9.59 Å². The SMILES string of the molecule is Cc1ccc(N2CC(C(=O)Nc3ccccc3C(=O)Nc3c(C)cccc3C)CC2=O)cc1C. The van der Waals surface area contributed by atoms with E-state index in [4.69, 9.17) is 0 Å². The third kappa shape index (κ3) is 4.71. The summed E-state index contributed by atoms with van der Waals surface area (Å²) in [6.45, 7) is 8.21. The number of carbonyl (C=O) groups is 3. The van der Waals surface area contributed by atoms with Gasteiger partial charge in [0.05, 0.1) is 17.2 Å². The zero-order valence-corrected chi connectivity index (χ0v) is 19.9. The van der Waals surface area contributed by atoms with Crippen LogP contribution < -0.4 is 15.5 Å². The molecule has 6 heteroatoms. The van der Waals surface area contributed by atoms with Crippen molar-refractivity contribution < 1.29 is 14.4 Å².